The number of likely N-dealkylation sites (tertiary alicyclic amines) is 1. The van der Waals surface area contributed by atoms with Gasteiger partial charge in [-0.3, -0.25) is 9.78 Å². The smallest absolute Gasteiger partial charge is 0.223 e. The van der Waals surface area contributed by atoms with Gasteiger partial charge >= 0.3 is 0 Å². The predicted octanol–water partition coefficient (Wildman–Crippen LogP) is 2.25. The molecule has 2 fully saturated rings. The number of benzene rings is 1. The molecule has 5 heteroatoms. The number of carbonyl (C=O) groups is 1. The fourth-order valence-corrected chi connectivity index (χ4v) is 4.15. The molecule has 2 aliphatic rings. The molecule has 2 aromatic rings. The zero-order valence-electron chi connectivity index (χ0n) is 15.4. The average molecular weight is 353 g/mol. The number of fused-ring (bicyclic) bond motifs is 1. The van der Waals surface area contributed by atoms with Crippen molar-refractivity contribution in [3.05, 3.63) is 42.1 Å². The quantitative estimate of drug-likeness (QED) is 0.916. The highest BCUT2D eigenvalue weighted by Gasteiger charge is 2.32. The van der Waals surface area contributed by atoms with Crippen LogP contribution in [0.25, 0.3) is 10.9 Å². The largest absolute Gasteiger partial charge is 0.379 e. The highest BCUT2D eigenvalue weighted by Crippen LogP contribution is 2.25. The van der Waals surface area contributed by atoms with Gasteiger partial charge in [0, 0.05) is 23.4 Å². The Morgan fingerprint density at radius 2 is 2.04 bits per heavy atom. The van der Waals surface area contributed by atoms with Crippen LogP contribution >= 0.6 is 0 Å². The average Bonchev–Trinajstić information content (AvgIpc) is 3.09. The van der Waals surface area contributed by atoms with E-state index in [2.05, 4.69) is 40.4 Å². The van der Waals surface area contributed by atoms with Gasteiger partial charge in [0.25, 0.3) is 0 Å². The van der Waals surface area contributed by atoms with Crippen molar-refractivity contribution in [3.63, 3.8) is 0 Å². The van der Waals surface area contributed by atoms with Gasteiger partial charge < -0.3 is 15.0 Å². The molecule has 0 saturated carbocycles. The summed E-state index contributed by atoms with van der Waals surface area (Å²) in [6, 6.07) is 10.4. The van der Waals surface area contributed by atoms with Crippen LogP contribution in [-0.4, -0.2) is 55.2 Å². The normalized spacial score (nSPS) is 24.8. The van der Waals surface area contributed by atoms with Gasteiger partial charge in [0.05, 0.1) is 24.8 Å². The molecule has 26 heavy (non-hydrogen) atoms. The van der Waals surface area contributed by atoms with Crippen LogP contribution in [0, 0.1) is 11.8 Å². The number of para-hydroxylation sites is 1. The van der Waals surface area contributed by atoms with Crippen LogP contribution in [0.15, 0.2) is 36.5 Å². The predicted molar refractivity (Wildman–Crippen MR) is 102 cm³/mol. The Bertz CT molecular complexity index is 765. The Hall–Kier alpha value is -1.98. The lowest BCUT2D eigenvalue weighted by Gasteiger charge is -2.29. The topological polar surface area (TPSA) is 54.5 Å². The molecule has 0 spiro atoms. The van der Waals surface area contributed by atoms with Crippen molar-refractivity contribution < 1.29 is 9.53 Å². The van der Waals surface area contributed by atoms with E-state index < -0.39 is 0 Å². The van der Waals surface area contributed by atoms with E-state index in [1.807, 2.05) is 18.3 Å². The zero-order valence-corrected chi connectivity index (χ0v) is 15.4. The molecular formula is C21H27N3O2. The first-order chi connectivity index (χ1) is 12.7. The molecule has 4 rings (SSSR count). The number of pyridine rings is 1. The number of hydrogen-bond acceptors (Lipinski definition) is 4. The Morgan fingerprint density at radius 3 is 2.88 bits per heavy atom. The van der Waals surface area contributed by atoms with Gasteiger partial charge in [0.1, 0.15) is 0 Å². The van der Waals surface area contributed by atoms with Gasteiger partial charge in [-0.25, -0.2) is 0 Å². The van der Waals surface area contributed by atoms with Crippen molar-refractivity contribution >= 4 is 16.8 Å². The summed E-state index contributed by atoms with van der Waals surface area (Å²) in [7, 11) is 2.12. The van der Waals surface area contributed by atoms with Gasteiger partial charge in [-0.1, -0.05) is 18.2 Å². The van der Waals surface area contributed by atoms with Crippen LogP contribution in [0.3, 0.4) is 0 Å². The number of amides is 1. The Morgan fingerprint density at radius 1 is 1.23 bits per heavy atom. The highest BCUT2D eigenvalue weighted by atomic mass is 16.5. The summed E-state index contributed by atoms with van der Waals surface area (Å²) in [4.78, 5) is 19.4. The molecule has 2 aliphatic heterocycles. The van der Waals surface area contributed by atoms with Gasteiger partial charge in [-0.15, -0.1) is 0 Å². The molecule has 0 aliphatic carbocycles. The number of carbonyl (C=O) groups excluding carboxylic acids is 1. The van der Waals surface area contributed by atoms with E-state index in [0.29, 0.717) is 19.1 Å². The number of piperidine rings is 1. The number of nitrogens with one attached hydrogen (secondary N) is 1. The number of nitrogens with zero attached hydrogens (tertiary/aromatic N) is 2. The maximum atomic E-state index is 12.7. The Kier molecular flexibility index (Phi) is 5.18. The van der Waals surface area contributed by atoms with E-state index in [9.17, 15) is 4.79 Å². The minimum atomic E-state index is 0.106. The van der Waals surface area contributed by atoms with Gasteiger partial charge in [0.15, 0.2) is 0 Å². The molecule has 138 valence electrons. The van der Waals surface area contributed by atoms with Crippen molar-refractivity contribution in [2.45, 2.75) is 25.3 Å². The van der Waals surface area contributed by atoms with Crippen molar-refractivity contribution in [1.29, 1.82) is 0 Å². The summed E-state index contributed by atoms with van der Waals surface area (Å²) in [5.74, 6) is 0.670. The third-order valence-corrected chi connectivity index (χ3v) is 5.84. The van der Waals surface area contributed by atoms with E-state index >= 15 is 0 Å². The number of rotatable bonds is 4. The second kappa shape index (κ2) is 7.72. The van der Waals surface area contributed by atoms with Crippen LogP contribution in [-0.2, 0) is 16.0 Å². The van der Waals surface area contributed by atoms with Crippen LogP contribution in [0.5, 0.6) is 0 Å². The molecule has 1 amide bonds. The molecule has 1 N–H and O–H groups in total. The van der Waals surface area contributed by atoms with E-state index in [-0.39, 0.29) is 17.9 Å². The molecule has 2 unspecified atom stereocenters. The van der Waals surface area contributed by atoms with Crippen molar-refractivity contribution in [1.82, 2.24) is 15.2 Å². The molecule has 5 nitrogen and oxygen atoms in total. The third kappa shape index (κ3) is 3.74. The molecule has 0 bridgehead atoms. The summed E-state index contributed by atoms with van der Waals surface area (Å²) in [6.07, 6.45) is 4.69. The monoisotopic (exact) mass is 353 g/mol. The van der Waals surface area contributed by atoms with Gasteiger partial charge in [-0.05, 0) is 57.1 Å². The van der Waals surface area contributed by atoms with Crippen LogP contribution in [0.2, 0.25) is 0 Å². The lowest BCUT2D eigenvalue weighted by molar-refractivity contribution is -0.127. The first kappa shape index (κ1) is 17.4. The van der Waals surface area contributed by atoms with E-state index in [4.69, 9.17) is 4.74 Å². The first-order valence-electron chi connectivity index (χ1n) is 9.60. The first-order valence-corrected chi connectivity index (χ1v) is 9.60. The Labute approximate surface area is 154 Å². The summed E-state index contributed by atoms with van der Waals surface area (Å²) < 4.78 is 5.72. The minimum absolute atomic E-state index is 0.106. The summed E-state index contributed by atoms with van der Waals surface area (Å²) in [5.41, 5.74) is 2.31. The summed E-state index contributed by atoms with van der Waals surface area (Å²) >= 11 is 0. The molecular weight excluding hydrogens is 326 g/mol. The van der Waals surface area contributed by atoms with Gasteiger partial charge in [0.2, 0.25) is 5.91 Å². The fraction of sp³-hybridized carbons (Fsp3) is 0.524. The molecule has 1 aromatic carbocycles. The second-order valence-electron chi connectivity index (χ2n) is 7.68. The fourth-order valence-electron chi connectivity index (χ4n) is 4.15. The van der Waals surface area contributed by atoms with Crippen LogP contribution in [0.1, 0.15) is 18.4 Å². The second-order valence-corrected chi connectivity index (χ2v) is 7.68. The van der Waals surface area contributed by atoms with E-state index in [1.54, 1.807) is 0 Å². The minimum Gasteiger partial charge on any atom is -0.379 e. The maximum absolute atomic E-state index is 12.7. The molecule has 2 saturated heterocycles. The van der Waals surface area contributed by atoms with E-state index in [1.165, 1.54) is 10.9 Å². The number of aromatic nitrogens is 1. The summed E-state index contributed by atoms with van der Waals surface area (Å²) in [5, 5.41) is 4.48. The molecule has 3 heterocycles. The Balaban J connectivity index is 1.42. The molecule has 2 atom stereocenters. The number of ether oxygens (including phenoxy) is 1. The van der Waals surface area contributed by atoms with Crippen LogP contribution < -0.4 is 5.32 Å². The van der Waals surface area contributed by atoms with Crippen LogP contribution in [0.4, 0.5) is 0 Å². The van der Waals surface area contributed by atoms with Crippen molar-refractivity contribution in [3.8, 4) is 0 Å². The van der Waals surface area contributed by atoms with E-state index in [0.717, 1.165) is 37.9 Å². The zero-order chi connectivity index (χ0) is 17.9. The van der Waals surface area contributed by atoms with Crippen molar-refractivity contribution in [2.24, 2.45) is 11.8 Å². The maximum Gasteiger partial charge on any atom is 0.223 e. The SMILES string of the molecule is CN1CCC(C(=O)NC2COCC2Cc2ccnc3ccccc23)CC1. The standard InChI is InChI=1S/C21H27N3O2/c1-24-10-7-15(8-11-24)21(25)23-20-14-26-13-17(20)12-16-6-9-22-19-5-3-2-4-18(16)19/h2-6,9,15,17,20H,7-8,10-14H2,1H3,(H,23,25). The third-order valence-electron chi connectivity index (χ3n) is 5.84. The highest BCUT2D eigenvalue weighted by molar-refractivity contribution is 5.82. The molecule has 0 radical (unpaired) electrons. The lowest BCUT2D eigenvalue weighted by Crippen LogP contribution is -2.46. The molecule has 1 aromatic heterocycles. The number of hydrogen-bond donors (Lipinski definition) is 1. The van der Waals surface area contributed by atoms with Crippen molar-refractivity contribution in [2.75, 3.05) is 33.4 Å². The lowest BCUT2D eigenvalue weighted by atomic mass is 9.91. The van der Waals surface area contributed by atoms with Gasteiger partial charge in [-0.2, -0.15) is 0 Å². The summed E-state index contributed by atoms with van der Waals surface area (Å²) in [6.45, 7) is 3.33.